The summed E-state index contributed by atoms with van der Waals surface area (Å²) in [4.78, 5) is 12.2. The van der Waals surface area contributed by atoms with Gasteiger partial charge in [0, 0.05) is 11.5 Å². The molecule has 1 aromatic carbocycles. The van der Waals surface area contributed by atoms with Gasteiger partial charge >= 0.3 is 0 Å². The van der Waals surface area contributed by atoms with Crippen molar-refractivity contribution in [3.05, 3.63) is 34.9 Å². The zero-order valence-corrected chi connectivity index (χ0v) is 10.2. The molecule has 0 bridgehead atoms. The van der Waals surface area contributed by atoms with Crippen molar-refractivity contribution in [3.63, 3.8) is 0 Å². The molecule has 0 aromatic heterocycles. The van der Waals surface area contributed by atoms with Crippen LogP contribution in [0.15, 0.2) is 18.2 Å². The Balaban J connectivity index is 2.29. The average molecular weight is 214 g/mol. The Hall–Kier alpha value is -1.11. The third kappa shape index (κ3) is 1.09. The largest absolute Gasteiger partial charge is 0.294 e. The summed E-state index contributed by atoms with van der Waals surface area (Å²) in [6.07, 6.45) is 2.37. The van der Waals surface area contributed by atoms with Gasteiger partial charge in [0.25, 0.3) is 0 Å². The van der Waals surface area contributed by atoms with Crippen LogP contribution in [0.3, 0.4) is 0 Å². The Bertz CT molecular complexity index is 470. The Kier molecular flexibility index (Phi) is 1.87. The fourth-order valence-corrected chi connectivity index (χ4v) is 3.49. The van der Waals surface area contributed by atoms with E-state index in [2.05, 4.69) is 26.8 Å². The lowest BCUT2D eigenvalue weighted by Gasteiger charge is -2.36. The van der Waals surface area contributed by atoms with E-state index in [0.29, 0.717) is 11.7 Å². The number of ketones is 1. The Morgan fingerprint density at radius 1 is 1.31 bits per heavy atom. The number of carbonyl (C=O) groups excluding carboxylic acids is 1. The van der Waals surface area contributed by atoms with Crippen LogP contribution in [0.5, 0.6) is 0 Å². The minimum absolute atomic E-state index is 0.201. The third-order valence-corrected chi connectivity index (χ3v) is 4.57. The highest BCUT2D eigenvalue weighted by Gasteiger charge is 2.43. The summed E-state index contributed by atoms with van der Waals surface area (Å²) in [7, 11) is 0. The van der Waals surface area contributed by atoms with E-state index in [1.165, 1.54) is 24.0 Å². The quantitative estimate of drug-likeness (QED) is 0.644. The minimum atomic E-state index is 0.201. The summed E-state index contributed by atoms with van der Waals surface area (Å²) >= 11 is 0. The number of hydrogen-bond donors (Lipinski definition) is 0. The van der Waals surface area contributed by atoms with Gasteiger partial charge in [-0.2, -0.15) is 0 Å². The van der Waals surface area contributed by atoms with Crippen molar-refractivity contribution in [1.29, 1.82) is 0 Å². The van der Waals surface area contributed by atoms with Gasteiger partial charge in [0.2, 0.25) is 0 Å². The zero-order valence-electron chi connectivity index (χ0n) is 10.2. The summed E-state index contributed by atoms with van der Waals surface area (Å²) in [5.41, 5.74) is 4.03. The highest BCUT2D eigenvalue weighted by Crippen LogP contribution is 2.51. The lowest BCUT2D eigenvalue weighted by Crippen LogP contribution is -2.26. The van der Waals surface area contributed by atoms with Crippen LogP contribution in [0.2, 0.25) is 0 Å². The van der Waals surface area contributed by atoms with Crippen LogP contribution in [0, 0.1) is 5.92 Å². The molecule has 2 aliphatic carbocycles. The summed E-state index contributed by atoms with van der Waals surface area (Å²) in [6, 6.07) is 6.28. The van der Waals surface area contributed by atoms with Gasteiger partial charge in [0.1, 0.15) is 0 Å². The van der Waals surface area contributed by atoms with Gasteiger partial charge < -0.3 is 0 Å². The third-order valence-electron chi connectivity index (χ3n) is 4.57. The van der Waals surface area contributed by atoms with Crippen LogP contribution < -0.4 is 0 Å². The molecule has 84 valence electrons. The molecule has 0 aliphatic heterocycles. The van der Waals surface area contributed by atoms with Gasteiger partial charge in [-0.15, -0.1) is 0 Å². The zero-order chi connectivity index (χ0) is 11.5. The molecule has 0 saturated heterocycles. The maximum Gasteiger partial charge on any atom is 0.166 e. The van der Waals surface area contributed by atoms with Crippen molar-refractivity contribution in [3.8, 4) is 0 Å². The molecular weight excluding hydrogens is 196 g/mol. The van der Waals surface area contributed by atoms with Gasteiger partial charge in [-0.1, -0.05) is 39.0 Å². The topological polar surface area (TPSA) is 17.1 Å². The predicted octanol–water partition coefficient (Wildman–Crippen LogP) is 3.67. The molecule has 0 radical (unpaired) electrons. The number of rotatable bonds is 0. The molecule has 0 spiro atoms. The monoisotopic (exact) mass is 214 g/mol. The van der Waals surface area contributed by atoms with E-state index in [9.17, 15) is 4.79 Å². The molecule has 2 aliphatic rings. The van der Waals surface area contributed by atoms with Crippen LogP contribution in [0.1, 0.15) is 61.0 Å². The van der Waals surface area contributed by atoms with E-state index in [4.69, 9.17) is 0 Å². The van der Waals surface area contributed by atoms with Gasteiger partial charge in [0.15, 0.2) is 5.78 Å². The van der Waals surface area contributed by atoms with Crippen molar-refractivity contribution >= 4 is 5.78 Å². The van der Waals surface area contributed by atoms with Crippen molar-refractivity contribution in [2.45, 2.75) is 44.9 Å². The first-order chi connectivity index (χ1) is 7.52. The molecule has 0 heterocycles. The fourth-order valence-electron chi connectivity index (χ4n) is 3.49. The normalized spacial score (nSPS) is 30.3. The first-order valence-electron chi connectivity index (χ1n) is 6.20. The second kappa shape index (κ2) is 2.97. The molecule has 2 atom stereocenters. The van der Waals surface area contributed by atoms with Gasteiger partial charge in [-0.05, 0) is 35.3 Å². The molecular formula is C15H18O. The fraction of sp³-hybridized carbons (Fsp3) is 0.533. The molecule has 16 heavy (non-hydrogen) atoms. The maximum absolute atomic E-state index is 12.2. The van der Waals surface area contributed by atoms with E-state index < -0.39 is 0 Å². The molecule has 0 saturated carbocycles. The van der Waals surface area contributed by atoms with Crippen LogP contribution in [-0.4, -0.2) is 5.78 Å². The number of Topliss-reactive ketones (excluding diaryl/α,β-unsaturated/α-hetero) is 1. The van der Waals surface area contributed by atoms with Gasteiger partial charge in [-0.25, -0.2) is 0 Å². The molecule has 1 heteroatoms. The first kappa shape index (κ1) is 10.1. The number of carbonyl (C=O) groups is 1. The molecule has 1 nitrogen and oxygen atoms in total. The van der Waals surface area contributed by atoms with Crippen LogP contribution in [0.25, 0.3) is 0 Å². The van der Waals surface area contributed by atoms with Crippen LogP contribution in [0.4, 0.5) is 0 Å². The van der Waals surface area contributed by atoms with Gasteiger partial charge in [-0.3, -0.25) is 4.79 Å². The Labute approximate surface area is 96.9 Å². The number of hydrogen-bond acceptors (Lipinski definition) is 1. The van der Waals surface area contributed by atoms with Crippen LogP contribution in [-0.2, 0) is 5.41 Å². The highest BCUT2D eigenvalue weighted by atomic mass is 16.1. The van der Waals surface area contributed by atoms with Crippen molar-refractivity contribution < 1.29 is 4.79 Å². The van der Waals surface area contributed by atoms with Crippen molar-refractivity contribution in [2.24, 2.45) is 5.92 Å². The summed E-state index contributed by atoms with van der Waals surface area (Å²) in [6.45, 7) is 6.69. The molecule has 0 amide bonds. The minimum Gasteiger partial charge on any atom is -0.294 e. The molecule has 0 fully saturated rings. The van der Waals surface area contributed by atoms with Crippen LogP contribution >= 0.6 is 0 Å². The molecule has 2 unspecified atom stereocenters. The summed E-state index contributed by atoms with van der Waals surface area (Å²) < 4.78 is 0. The van der Waals surface area contributed by atoms with E-state index in [-0.39, 0.29) is 11.3 Å². The van der Waals surface area contributed by atoms with E-state index in [0.717, 1.165) is 5.56 Å². The molecule has 3 rings (SSSR count). The van der Waals surface area contributed by atoms with Gasteiger partial charge in [0.05, 0.1) is 0 Å². The first-order valence-corrected chi connectivity index (χ1v) is 6.20. The Morgan fingerprint density at radius 3 is 2.81 bits per heavy atom. The Morgan fingerprint density at radius 2 is 2.06 bits per heavy atom. The number of benzene rings is 1. The smallest absolute Gasteiger partial charge is 0.166 e. The lowest BCUT2D eigenvalue weighted by atomic mass is 9.68. The molecule has 1 aromatic rings. The summed E-state index contributed by atoms with van der Waals surface area (Å²) in [5, 5.41) is 0. The maximum atomic E-state index is 12.2. The van der Waals surface area contributed by atoms with Crippen molar-refractivity contribution in [2.75, 3.05) is 0 Å². The predicted molar refractivity (Wildman–Crippen MR) is 64.9 cm³/mol. The summed E-state index contributed by atoms with van der Waals surface area (Å²) in [5.74, 6) is 1.05. The van der Waals surface area contributed by atoms with E-state index in [1.54, 1.807) is 0 Å². The SMILES string of the molecule is CC1C(=O)c2cccc3c2C1CCC3(C)C. The lowest BCUT2D eigenvalue weighted by molar-refractivity contribution is 0.0929. The van der Waals surface area contributed by atoms with Crippen molar-refractivity contribution in [1.82, 2.24) is 0 Å². The highest BCUT2D eigenvalue weighted by molar-refractivity contribution is 6.03. The molecule has 0 N–H and O–H groups in total. The van der Waals surface area contributed by atoms with E-state index in [1.807, 2.05) is 12.1 Å². The standard InChI is InChI=1S/C15H18O/c1-9-10-7-8-15(2,3)12-6-4-5-11(13(10)12)14(9)16/h4-6,9-10H,7-8H2,1-3H3. The second-order valence-corrected chi connectivity index (χ2v) is 5.95. The second-order valence-electron chi connectivity index (χ2n) is 5.95. The van der Waals surface area contributed by atoms with E-state index >= 15 is 0 Å². The average Bonchev–Trinajstić information content (AvgIpc) is 2.49.